The van der Waals surface area contributed by atoms with Gasteiger partial charge in [-0.15, -0.1) is 11.3 Å². The molecule has 7 nitrogen and oxygen atoms in total. The SMILES string of the molecule is CCC(=O)NC(Cc1nc2ccc(Cl)cc2s1)C(=O)N[C@H](C(N)=O)C1CCCC1. The van der Waals surface area contributed by atoms with Crippen molar-refractivity contribution in [2.75, 3.05) is 0 Å². The lowest BCUT2D eigenvalue weighted by molar-refractivity contribution is -0.132. The molecule has 1 aliphatic rings. The van der Waals surface area contributed by atoms with E-state index in [0.29, 0.717) is 10.0 Å². The minimum absolute atomic E-state index is 0.0450. The second-order valence-electron chi connectivity index (χ2n) is 7.33. The van der Waals surface area contributed by atoms with Crippen molar-refractivity contribution in [3.63, 3.8) is 0 Å². The Morgan fingerprint density at radius 1 is 1.28 bits per heavy atom. The van der Waals surface area contributed by atoms with Crippen LogP contribution in [0.25, 0.3) is 10.2 Å². The molecule has 1 fully saturated rings. The number of nitrogens with one attached hydrogen (secondary N) is 2. The van der Waals surface area contributed by atoms with E-state index in [2.05, 4.69) is 15.6 Å². The van der Waals surface area contributed by atoms with E-state index in [1.54, 1.807) is 13.0 Å². The molecule has 1 unspecified atom stereocenters. The minimum Gasteiger partial charge on any atom is -0.368 e. The van der Waals surface area contributed by atoms with Gasteiger partial charge < -0.3 is 16.4 Å². The van der Waals surface area contributed by atoms with Gasteiger partial charge in [0.05, 0.1) is 15.2 Å². The van der Waals surface area contributed by atoms with Gasteiger partial charge >= 0.3 is 0 Å². The number of nitrogens with zero attached hydrogens (tertiary/aromatic N) is 1. The van der Waals surface area contributed by atoms with Crippen LogP contribution < -0.4 is 16.4 Å². The third-order valence-corrected chi connectivity index (χ3v) is 6.50. The largest absolute Gasteiger partial charge is 0.368 e. The number of thiazole rings is 1. The van der Waals surface area contributed by atoms with E-state index in [-0.39, 0.29) is 24.7 Å². The quantitative estimate of drug-likeness (QED) is 0.589. The Morgan fingerprint density at radius 2 is 2.00 bits per heavy atom. The lowest BCUT2D eigenvalue weighted by Crippen LogP contribution is -2.55. The number of primary amides is 1. The van der Waals surface area contributed by atoms with E-state index in [0.717, 1.165) is 35.9 Å². The number of carbonyl (C=O) groups is 3. The van der Waals surface area contributed by atoms with Crippen LogP contribution >= 0.6 is 22.9 Å². The van der Waals surface area contributed by atoms with E-state index in [9.17, 15) is 14.4 Å². The van der Waals surface area contributed by atoms with Crippen LogP contribution in [-0.2, 0) is 20.8 Å². The van der Waals surface area contributed by atoms with Crippen molar-refractivity contribution >= 4 is 50.9 Å². The highest BCUT2D eigenvalue weighted by molar-refractivity contribution is 7.18. The summed E-state index contributed by atoms with van der Waals surface area (Å²) in [6.07, 6.45) is 4.24. The topological polar surface area (TPSA) is 114 Å². The number of rotatable bonds is 8. The molecular formula is C20H25ClN4O3S. The van der Waals surface area contributed by atoms with Gasteiger partial charge in [0.1, 0.15) is 12.1 Å². The van der Waals surface area contributed by atoms with Gasteiger partial charge in [-0.3, -0.25) is 14.4 Å². The first-order valence-corrected chi connectivity index (χ1v) is 11.0. The van der Waals surface area contributed by atoms with Gasteiger partial charge in [0, 0.05) is 17.9 Å². The zero-order valence-corrected chi connectivity index (χ0v) is 17.8. The molecule has 0 saturated heterocycles. The number of hydrogen-bond acceptors (Lipinski definition) is 5. The third kappa shape index (κ3) is 5.45. The molecule has 1 aromatic carbocycles. The van der Waals surface area contributed by atoms with Crippen molar-refractivity contribution in [2.45, 2.75) is 57.5 Å². The monoisotopic (exact) mass is 436 g/mol. The van der Waals surface area contributed by atoms with Crippen molar-refractivity contribution < 1.29 is 14.4 Å². The van der Waals surface area contributed by atoms with E-state index in [1.807, 2.05) is 12.1 Å². The maximum atomic E-state index is 13.0. The summed E-state index contributed by atoms with van der Waals surface area (Å²) in [6.45, 7) is 1.72. The summed E-state index contributed by atoms with van der Waals surface area (Å²) in [4.78, 5) is 41.4. The molecular weight excluding hydrogens is 412 g/mol. The smallest absolute Gasteiger partial charge is 0.243 e. The average molecular weight is 437 g/mol. The van der Waals surface area contributed by atoms with Crippen molar-refractivity contribution in [2.24, 2.45) is 11.7 Å². The summed E-state index contributed by atoms with van der Waals surface area (Å²) >= 11 is 7.46. The second-order valence-corrected chi connectivity index (χ2v) is 8.88. The zero-order chi connectivity index (χ0) is 21.0. The van der Waals surface area contributed by atoms with Crippen LogP contribution in [0.4, 0.5) is 0 Å². The van der Waals surface area contributed by atoms with E-state index in [1.165, 1.54) is 11.3 Å². The molecule has 2 aromatic rings. The standard InChI is InChI=1S/C20H25ClN4O3S/c1-2-16(26)23-14(10-17-24-13-8-7-12(21)9-15(13)29-17)20(28)25-18(19(22)27)11-5-3-4-6-11/h7-9,11,14,18H,2-6,10H2,1H3,(H2,22,27)(H,23,26)(H,25,28)/t14?,18-/m0/s1. The summed E-state index contributed by atoms with van der Waals surface area (Å²) in [5, 5.41) is 6.84. The lowest BCUT2D eigenvalue weighted by atomic mass is 9.97. The predicted octanol–water partition coefficient (Wildman–Crippen LogP) is 2.55. The van der Waals surface area contributed by atoms with Gasteiger partial charge in [-0.25, -0.2) is 4.98 Å². The van der Waals surface area contributed by atoms with Gasteiger partial charge in [0.2, 0.25) is 17.7 Å². The van der Waals surface area contributed by atoms with Crippen LogP contribution in [-0.4, -0.2) is 34.8 Å². The Bertz CT molecular complexity index is 910. The molecule has 0 spiro atoms. The highest BCUT2D eigenvalue weighted by atomic mass is 35.5. The normalized spacial score (nSPS) is 16.5. The minimum atomic E-state index is -0.832. The molecule has 156 valence electrons. The number of hydrogen-bond donors (Lipinski definition) is 3. The molecule has 9 heteroatoms. The molecule has 1 aromatic heterocycles. The molecule has 3 rings (SSSR count). The second kappa shape index (κ2) is 9.54. The number of benzene rings is 1. The van der Waals surface area contributed by atoms with Crippen molar-refractivity contribution in [3.05, 3.63) is 28.2 Å². The molecule has 1 heterocycles. The fourth-order valence-electron chi connectivity index (χ4n) is 3.68. The number of fused-ring (bicyclic) bond motifs is 1. The van der Waals surface area contributed by atoms with Gasteiger partial charge in [0.15, 0.2) is 0 Å². The fraction of sp³-hybridized carbons (Fsp3) is 0.500. The van der Waals surface area contributed by atoms with Gasteiger partial charge in [-0.1, -0.05) is 31.4 Å². The van der Waals surface area contributed by atoms with E-state index < -0.39 is 23.9 Å². The maximum Gasteiger partial charge on any atom is 0.243 e. The van der Waals surface area contributed by atoms with Crippen LogP contribution in [0.1, 0.15) is 44.0 Å². The van der Waals surface area contributed by atoms with E-state index >= 15 is 0 Å². The fourth-order valence-corrected chi connectivity index (χ4v) is 4.97. The van der Waals surface area contributed by atoms with Gasteiger partial charge in [-0.2, -0.15) is 0 Å². The number of amides is 3. The zero-order valence-electron chi connectivity index (χ0n) is 16.2. The van der Waals surface area contributed by atoms with Crippen LogP contribution in [0.15, 0.2) is 18.2 Å². The Balaban J connectivity index is 1.78. The van der Waals surface area contributed by atoms with Gasteiger partial charge in [-0.05, 0) is 37.0 Å². The van der Waals surface area contributed by atoms with Crippen molar-refractivity contribution in [3.8, 4) is 0 Å². The Hall–Kier alpha value is -2.19. The summed E-state index contributed by atoms with van der Waals surface area (Å²) in [6, 6.07) is 3.85. The summed E-state index contributed by atoms with van der Waals surface area (Å²) in [5.74, 6) is -1.16. The molecule has 0 aliphatic heterocycles. The molecule has 1 aliphatic carbocycles. The highest BCUT2D eigenvalue weighted by Crippen LogP contribution is 2.28. The molecule has 2 atom stereocenters. The molecule has 0 bridgehead atoms. The Morgan fingerprint density at radius 3 is 2.66 bits per heavy atom. The first-order chi connectivity index (χ1) is 13.9. The van der Waals surface area contributed by atoms with E-state index in [4.69, 9.17) is 17.3 Å². The summed E-state index contributed by atoms with van der Waals surface area (Å²) in [7, 11) is 0. The maximum absolute atomic E-state index is 13.0. The van der Waals surface area contributed by atoms with Crippen molar-refractivity contribution in [1.29, 1.82) is 0 Å². The van der Waals surface area contributed by atoms with Gasteiger partial charge in [0.25, 0.3) is 0 Å². The van der Waals surface area contributed by atoms with Crippen LogP contribution in [0, 0.1) is 5.92 Å². The summed E-state index contributed by atoms with van der Waals surface area (Å²) in [5.41, 5.74) is 6.33. The number of halogens is 1. The number of nitrogens with two attached hydrogens (primary N) is 1. The Labute approximate surface area is 178 Å². The third-order valence-electron chi connectivity index (χ3n) is 5.22. The first kappa shape index (κ1) is 21.5. The summed E-state index contributed by atoms with van der Waals surface area (Å²) < 4.78 is 0.912. The van der Waals surface area contributed by atoms with Crippen LogP contribution in [0.5, 0.6) is 0 Å². The predicted molar refractivity (Wildman–Crippen MR) is 114 cm³/mol. The highest BCUT2D eigenvalue weighted by Gasteiger charge is 2.33. The Kier molecular flexibility index (Phi) is 7.08. The van der Waals surface area contributed by atoms with Crippen LogP contribution in [0.3, 0.4) is 0 Å². The van der Waals surface area contributed by atoms with Crippen LogP contribution in [0.2, 0.25) is 5.02 Å². The molecule has 29 heavy (non-hydrogen) atoms. The van der Waals surface area contributed by atoms with Crippen molar-refractivity contribution in [1.82, 2.24) is 15.6 Å². The average Bonchev–Trinajstić information content (AvgIpc) is 3.34. The molecule has 1 saturated carbocycles. The molecule has 4 N–H and O–H groups in total. The number of aromatic nitrogens is 1. The lowest BCUT2D eigenvalue weighted by Gasteiger charge is -2.25. The first-order valence-electron chi connectivity index (χ1n) is 9.81. The number of carbonyl (C=O) groups excluding carboxylic acids is 3. The molecule has 0 radical (unpaired) electrons. The molecule has 3 amide bonds.